The predicted molar refractivity (Wildman–Crippen MR) is 99.8 cm³/mol. The Kier molecular flexibility index (Phi) is 6.00. The lowest BCUT2D eigenvalue weighted by Crippen LogP contribution is -2.17. The van der Waals surface area contributed by atoms with Gasteiger partial charge in [0, 0.05) is 0 Å². The maximum Gasteiger partial charge on any atom is 0.160 e. The van der Waals surface area contributed by atoms with Crippen LogP contribution in [0.1, 0.15) is 34.5 Å². The van der Waals surface area contributed by atoms with Gasteiger partial charge in [-0.25, -0.2) is 0 Å². The van der Waals surface area contributed by atoms with E-state index in [1.54, 1.807) is 12.1 Å². The minimum absolute atomic E-state index is 0.214. The van der Waals surface area contributed by atoms with Gasteiger partial charge in [-0.15, -0.1) is 0 Å². The van der Waals surface area contributed by atoms with Gasteiger partial charge >= 0.3 is 0 Å². The number of unbranched alkanes of at least 4 members (excludes halogenated alkanes) is 1. The standard InChI is InChI=1S/C21H28O4/c1-16-7-6-10-19(13-16)25-15-18(22)9-5-4-8-17-11-12-20(23-2)21(14-17)24-3/h6-7,10-14,18,22H,4-5,8-9,15H2,1-3H3/i3D3. The summed E-state index contributed by atoms with van der Waals surface area (Å²) >= 11 is 0. The normalized spacial score (nSPS) is 14.1. The summed E-state index contributed by atoms with van der Waals surface area (Å²) in [6.45, 7) is 2.26. The molecule has 2 aromatic rings. The second kappa shape index (κ2) is 9.94. The third-order valence-corrected chi connectivity index (χ3v) is 4.02. The summed E-state index contributed by atoms with van der Waals surface area (Å²) in [7, 11) is -1.05. The molecule has 0 aliphatic heterocycles. The summed E-state index contributed by atoms with van der Waals surface area (Å²) in [6.07, 6.45) is 2.57. The van der Waals surface area contributed by atoms with Gasteiger partial charge in [-0.3, -0.25) is 0 Å². The number of methoxy groups -OCH3 is 2. The first-order valence-electron chi connectivity index (χ1n) is 10.0. The zero-order valence-corrected chi connectivity index (χ0v) is 14.8. The van der Waals surface area contributed by atoms with Gasteiger partial charge < -0.3 is 19.3 Å². The molecule has 0 aromatic heterocycles. The van der Waals surface area contributed by atoms with Crippen LogP contribution in [0.15, 0.2) is 42.5 Å². The highest BCUT2D eigenvalue weighted by Gasteiger charge is 2.07. The monoisotopic (exact) mass is 347 g/mol. The van der Waals surface area contributed by atoms with Crippen LogP contribution in [0.25, 0.3) is 0 Å². The summed E-state index contributed by atoms with van der Waals surface area (Å²) in [5.74, 6) is 1.37. The Balaban J connectivity index is 1.75. The van der Waals surface area contributed by atoms with E-state index in [1.807, 2.05) is 37.3 Å². The average Bonchev–Trinajstić information content (AvgIpc) is 2.62. The Morgan fingerprint density at radius 1 is 1.08 bits per heavy atom. The molecule has 0 radical (unpaired) electrons. The fraction of sp³-hybridized carbons (Fsp3) is 0.429. The van der Waals surface area contributed by atoms with Gasteiger partial charge in [0.1, 0.15) is 12.4 Å². The Morgan fingerprint density at radius 3 is 2.72 bits per heavy atom. The van der Waals surface area contributed by atoms with Crippen LogP contribution in [0.5, 0.6) is 17.2 Å². The summed E-state index contributed by atoms with van der Waals surface area (Å²) in [5.41, 5.74) is 2.08. The maximum absolute atomic E-state index is 10.1. The molecular weight excluding hydrogens is 316 g/mol. The van der Waals surface area contributed by atoms with Crippen LogP contribution in [0, 0.1) is 6.92 Å². The molecule has 1 unspecified atom stereocenters. The molecule has 4 heteroatoms. The van der Waals surface area contributed by atoms with Crippen LogP contribution in [0.2, 0.25) is 0 Å². The highest BCUT2D eigenvalue weighted by molar-refractivity contribution is 5.42. The zero-order valence-electron chi connectivity index (χ0n) is 17.8. The molecule has 136 valence electrons. The quantitative estimate of drug-likeness (QED) is 0.656. The fourth-order valence-electron chi connectivity index (χ4n) is 2.65. The number of rotatable bonds is 10. The third kappa shape index (κ3) is 6.31. The Labute approximate surface area is 154 Å². The van der Waals surface area contributed by atoms with Crippen LogP contribution >= 0.6 is 0 Å². The first-order valence-corrected chi connectivity index (χ1v) is 8.50. The van der Waals surface area contributed by atoms with Crippen molar-refractivity contribution in [2.45, 2.75) is 38.7 Å². The van der Waals surface area contributed by atoms with Crippen LogP contribution in [0.4, 0.5) is 0 Å². The summed E-state index contributed by atoms with van der Waals surface area (Å²) in [4.78, 5) is 0. The first-order chi connectivity index (χ1) is 13.3. The number of benzene rings is 2. The number of hydrogen-bond acceptors (Lipinski definition) is 4. The molecule has 25 heavy (non-hydrogen) atoms. The van der Waals surface area contributed by atoms with Crippen molar-refractivity contribution in [1.82, 2.24) is 0 Å². The SMILES string of the molecule is [2H]C([2H])([2H])Oc1cc(CCCCC(O)COc2cccc(C)c2)ccc1OC. The zero-order chi connectivity index (χ0) is 20.6. The smallest absolute Gasteiger partial charge is 0.160 e. The number of ether oxygens (including phenoxy) is 3. The van der Waals surface area contributed by atoms with Gasteiger partial charge in [0.05, 0.1) is 24.4 Å². The van der Waals surface area contributed by atoms with Gasteiger partial charge in [-0.05, 0) is 61.6 Å². The number of aliphatic hydroxyl groups excluding tert-OH is 1. The molecule has 0 heterocycles. The Morgan fingerprint density at radius 2 is 1.96 bits per heavy atom. The van der Waals surface area contributed by atoms with Crippen molar-refractivity contribution in [3.63, 3.8) is 0 Å². The van der Waals surface area contributed by atoms with Crippen LogP contribution in [-0.4, -0.2) is 32.0 Å². The molecule has 4 nitrogen and oxygen atoms in total. The van der Waals surface area contributed by atoms with Gasteiger partial charge in [-0.1, -0.05) is 24.6 Å². The van der Waals surface area contributed by atoms with Crippen LogP contribution < -0.4 is 14.2 Å². The Bertz CT molecular complexity index is 747. The molecule has 0 fully saturated rings. The van der Waals surface area contributed by atoms with Gasteiger partial charge in [0.25, 0.3) is 0 Å². The summed E-state index contributed by atoms with van der Waals surface area (Å²) in [5, 5.41) is 10.1. The molecule has 0 bridgehead atoms. The number of hydrogen-bond donors (Lipinski definition) is 1. The van der Waals surface area contributed by atoms with Crippen molar-refractivity contribution in [3.05, 3.63) is 53.6 Å². The highest BCUT2D eigenvalue weighted by Crippen LogP contribution is 2.28. The number of aryl methyl sites for hydroxylation is 2. The molecule has 2 aromatic carbocycles. The minimum atomic E-state index is -2.52. The second-order valence-electron chi connectivity index (χ2n) is 6.11. The molecule has 0 saturated heterocycles. The third-order valence-electron chi connectivity index (χ3n) is 4.02. The predicted octanol–water partition coefficient (Wildman–Crippen LogP) is 4.16. The number of aliphatic hydroxyl groups is 1. The van der Waals surface area contributed by atoms with Crippen LogP contribution in [0.3, 0.4) is 0 Å². The van der Waals surface area contributed by atoms with Gasteiger partial charge in [-0.2, -0.15) is 0 Å². The van der Waals surface area contributed by atoms with Crippen LogP contribution in [-0.2, 0) is 6.42 Å². The van der Waals surface area contributed by atoms with Crippen molar-refractivity contribution in [1.29, 1.82) is 0 Å². The van der Waals surface area contributed by atoms with E-state index >= 15 is 0 Å². The van der Waals surface area contributed by atoms with E-state index in [4.69, 9.17) is 18.3 Å². The van der Waals surface area contributed by atoms with E-state index < -0.39 is 13.1 Å². The summed E-state index contributed by atoms with van der Waals surface area (Å²) in [6, 6.07) is 13.0. The lowest BCUT2D eigenvalue weighted by Gasteiger charge is -2.13. The van der Waals surface area contributed by atoms with E-state index in [0.717, 1.165) is 36.1 Å². The molecule has 2 rings (SSSR count). The Hall–Kier alpha value is -2.20. The molecule has 0 amide bonds. The van der Waals surface area contributed by atoms with Gasteiger partial charge in [0.2, 0.25) is 0 Å². The highest BCUT2D eigenvalue weighted by atomic mass is 16.5. The molecule has 1 N–H and O–H groups in total. The lowest BCUT2D eigenvalue weighted by molar-refractivity contribution is 0.0976. The largest absolute Gasteiger partial charge is 0.493 e. The molecule has 0 aliphatic rings. The average molecular weight is 347 g/mol. The maximum atomic E-state index is 10.1. The fourth-order valence-corrected chi connectivity index (χ4v) is 2.65. The van der Waals surface area contributed by atoms with Crippen molar-refractivity contribution < 1.29 is 23.4 Å². The molecule has 1 atom stereocenters. The van der Waals surface area contributed by atoms with E-state index in [2.05, 4.69) is 0 Å². The second-order valence-corrected chi connectivity index (χ2v) is 6.11. The summed E-state index contributed by atoms with van der Waals surface area (Å²) < 4.78 is 37.5. The van der Waals surface area contributed by atoms with E-state index in [0.29, 0.717) is 12.2 Å². The van der Waals surface area contributed by atoms with Gasteiger partial charge in [0.15, 0.2) is 11.5 Å². The first kappa shape index (κ1) is 15.1. The van der Waals surface area contributed by atoms with E-state index in [-0.39, 0.29) is 12.4 Å². The van der Waals surface area contributed by atoms with E-state index in [9.17, 15) is 5.11 Å². The molecule has 0 saturated carbocycles. The van der Waals surface area contributed by atoms with Crippen molar-refractivity contribution in [2.24, 2.45) is 0 Å². The topological polar surface area (TPSA) is 47.9 Å². The van der Waals surface area contributed by atoms with Crippen molar-refractivity contribution in [3.8, 4) is 17.2 Å². The molecular formula is C21H28O4. The van der Waals surface area contributed by atoms with Crippen molar-refractivity contribution >= 4 is 0 Å². The minimum Gasteiger partial charge on any atom is -0.493 e. The van der Waals surface area contributed by atoms with E-state index in [1.165, 1.54) is 7.11 Å². The molecule has 0 aliphatic carbocycles. The van der Waals surface area contributed by atoms with Crippen molar-refractivity contribution in [2.75, 3.05) is 20.8 Å². The lowest BCUT2D eigenvalue weighted by atomic mass is 10.0. The molecule has 0 spiro atoms.